The Kier molecular flexibility index (Phi) is 3.42. The number of rotatable bonds is 3. The number of nitrogens with zero attached hydrogens (tertiary/aromatic N) is 3. The third-order valence-corrected chi connectivity index (χ3v) is 5.41. The summed E-state index contributed by atoms with van der Waals surface area (Å²) in [5, 5.41) is 0. The van der Waals surface area contributed by atoms with Crippen LogP contribution < -0.4 is 0 Å². The van der Waals surface area contributed by atoms with Gasteiger partial charge in [-0.1, -0.05) is 6.07 Å². The SMILES string of the molecule is O=C(C1CC2CC2C1)N1CCN(Cc2cccnc2)CC1. The quantitative estimate of drug-likeness (QED) is 0.849. The minimum absolute atomic E-state index is 0.346. The van der Waals surface area contributed by atoms with Crippen molar-refractivity contribution in [2.24, 2.45) is 17.8 Å². The number of fused-ring (bicyclic) bond motifs is 1. The first kappa shape index (κ1) is 13.3. The number of carbonyl (C=O) groups excluding carboxylic acids is 1. The van der Waals surface area contributed by atoms with E-state index in [1.54, 1.807) is 0 Å². The minimum atomic E-state index is 0.346. The van der Waals surface area contributed by atoms with Crippen LogP contribution >= 0.6 is 0 Å². The van der Waals surface area contributed by atoms with Crippen LogP contribution in [0, 0.1) is 17.8 Å². The average Bonchev–Trinajstić information content (AvgIpc) is 3.14. The van der Waals surface area contributed by atoms with Gasteiger partial charge in [0.1, 0.15) is 0 Å². The van der Waals surface area contributed by atoms with Crippen LogP contribution in [-0.2, 0) is 11.3 Å². The molecule has 21 heavy (non-hydrogen) atoms. The predicted molar refractivity (Wildman–Crippen MR) is 80.4 cm³/mol. The van der Waals surface area contributed by atoms with E-state index in [4.69, 9.17) is 0 Å². The van der Waals surface area contributed by atoms with Crippen LogP contribution in [0.3, 0.4) is 0 Å². The zero-order valence-electron chi connectivity index (χ0n) is 12.4. The zero-order valence-corrected chi connectivity index (χ0v) is 12.4. The smallest absolute Gasteiger partial charge is 0.225 e. The molecule has 1 amide bonds. The number of aromatic nitrogens is 1. The van der Waals surface area contributed by atoms with Gasteiger partial charge >= 0.3 is 0 Å². The summed E-state index contributed by atoms with van der Waals surface area (Å²) >= 11 is 0. The Morgan fingerprint density at radius 3 is 2.57 bits per heavy atom. The fourth-order valence-electron chi connectivity index (χ4n) is 4.05. The summed E-state index contributed by atoms with van der Waals surface area (Å²) in [5.74, 6) is 2.57. The van der Waals surface area contributed by atoms with E-state index in [0.717, 1.165) is 44.6 Å². The molecule has 1 aromatic heterocycles. The molecule has 3 aliphatic rings. The maximum absolute atomic E-state index is 12.5. The third kappa shape index (κ3) is 2.82. The first-order valence-corrected chi connectivity index (χ1v) is 8.19. The number of carbonyl (C=O) groups is 1. The van der Waals surface area contributed by atoms with Crippen molar-refractivity contribution >= 4 is 5.91 Å². The molecule has 4 nitrogen and oxygen atoms in total. The Morgan fingerprint density at radius 2 is 1.90 bits per heavy atom. The molecule has 3 fully saturated rings. The number of hydrogen-bond acceptors (Lipinski definition) is 3. The number of pyridine rings is 1. The molecule has 0 radical (unpaired) electrons. The largest absolute Gasteiger partial charge is 0.340 e. The third-order valence-electron chi connectivity index (χ3n) is 5.41. The second-order valence-electron chi connectivity index (χ2n) is 6.89. The molecule has 4 heteroatoms. The monoisotopic (exact) mass is 285 g/mol. The molecule has 2 heterocycles. The molecule has 0 bridgehead atoms. The van der Waals surface area contributed by atoms with E-state index >= 15 is 0 Å². The van der Waals surface area contributed by atoms with Crippen molar-refractivity contribution in [1.82, 2.24) is 14.8 Å². The van der Waals surface area contributed by atoms with E-state index in [2.05, 4.69) is 20.9 Å². The summed E-state index contributed by atoms with van der Waals surface area (Å²) in [6, 6.07) is 4.11. The van der Waals surface area contributed by atoms with Crippen LogP contribution in [0.15, 0.2) is 24.5 Å². The van der Waals surface area contributed by atoms with Crippen molar-refractivity contribution in [3.8, 4) is 0 Å². The lowest BCUT2D eigenvalue weighted by atomic mass is 10.0. The summed E-state index contributed by atoms with van der Waals surface area (Å²) in [6.07, 6.45) is 7.47. The van der Waals surface area contributed by atoms with Gasteiger partial charge in [0, 0.05) is 51.0 Å². The molecule has 1 saturated heterocycles. The molecule has 2 unspecified atom stereocenters. The van der Waals surface area contributed by atoms with Crippen LogP contribution in [0.4, 0.5) is 0 Å². The van der Waals surface area contributed by atoms with Gasteiger partial charge in [-0.05, 0) is 42.7 Å². The van der Waals surface area contributed by atoms with E-state index in [1.165, 1.54) is 24.8 Å². The van der Waals surface area contributed by atoms with Crippen LogP contribution in [0.25, 0.3) is 0 Å². The van der Waals surface area contributed by atoms with Gasteiger partial charge in [0.05, 0.1) is 0 Å². The number of amides is 1. The van der Waals surface area contributed by atoms with E-state index in [1.807, 2.05) is 18.5 Å². The molecule has 2 saturated carbocycles. The fourth-order valence-corrected chi connectivity index (χ4v) is 4.05. The summed E-state index contributed by atoms with van der Waals surface area (Å²) < 4.78 is 0. The first-order valence-electron chi connectivity index (χ1n) is 8.19. The number of hydrogen-bond donors (Lipinski definition) is 0. The average molecular weight is 285 g/mol. The van der Waals surface area contributed by atoms with Crippen molar-refractivity contribution in [2.45, 2.75) is 25.8 Å². The van der Waals surface area contributed by atoms with E-state index in [9.17, 15) is 4.79 Å². The lowest BCUT2D eigenvalue weighted by Crippen LogP contribution is -2.49. The normalized spacial score (nSPS) is 32.0. The molecular weight excluding hydrogens is 262 g/mol. The minimum Gasteiger partial charge on any atom is -0.340 e. The van der Waals surface area contributed by atoms with Gasteiger partial charge in [-0.15, -0.1) is 0 Å². The maximum atomic E-state index is 12.5. The van der Waals surface area contributed by atoms with Crippen molar-refractivity contribution in [2.75, 3.05) is 26.2 Å². The summed E-state index contributed by atoms with van der Waals surface area (Å²) in [4.78, 5) is 21.2. The van der Waals surface area contributed by atoms with E-state index in [-0.39, 0.29) is 0 Å². The van der Waals surface area contributed by atoms with Gasteiger partial charge in [0.15, 0.2) is 0 Å². The van der Waals surface area contributed by atoms with Gasteiger partial charge in [-0.25, -0.2) is 0 Å². The maximum Gasteiger partial charge on any atom is 0.225 e. The molecule has 1 aliphatic heterocycles. The molecule has 4 rings (SSSR count). The Balaban J connectivity index is 1.27. The van der Waals surface area contributed by atoms with Crippen LogP contribution in [0.5, 0.6) is 0 Å². The first-order chi connectivity index (χ1) is 10.3. The Bertz CT molecular complexity index is 500. The number of piperazine rings is 1. The van der Waals surface area contributed by atoms with Gasteiger partial charge in [0.2, 0.25) is 5.91 Å². The van der Waals surface area contributed by atoms with Crippen molar-refractivity contribution in [3.05, 3.63) is 30.1 Å². The molecule has 1 aromatic rings. The topological polar surface area (TPSA) is 36.4 Å². The van der Waals surface area contributed by atoms with Gasteiger partial charge < -0.3 is 4.90 Å². The Morgan fingerprint density at radius 1 is 1.14 bits per heavy atom. The lowest BCUT2D eigenvalue weighted by molar-refractivity contribution is -0.137. The summed E-state index contributed by atoms with van der Waals surface area (Å²) in [5.41, 5.74) is 1.26. The van der Waals surface area contributed by atoms with Crippen LogP contribution in [0.2, 0.25) is 0 Å². The molecule has 0 aromatic carbocycles. The highest BCUT2D eigenvalue weighted by Crippen LogP contribution is 2.54. The predicted octanol–water partition coefficient (Wildman–Crippen LogP) is 1.77. The van der Waals surface area contributed by atoms with Gasteiger partial charge in [-0.2, -0.15) is 0 Å². The second kappa shape index (κ2) is 5.41. The van der Waals surface area contributed by atoms with Crippen molar-refractivity contribution in [3.63, 3.8) is 0 Å². The van der Waals surface area contributed by atoms with Gasteiger partial charge in [-0.3, -0.25) is 14.7 Å². The van der Waals surface area contributed by atoms with E-state index < -0.39 is 0 Å². The molecule has 2 aliphatic carbocycles. The fraction of sp³-hybridized carbons (Fsp3) is 0.647. The summed E-state index contributed by atoms with van der Waals surface area (Å²) in [6.45, 7) is 4.71. The van der Waals surface area contributed by atoms with Crippen molar-refractivity contribution in [1.29, 1.82) is 0 Å². The van der Waals surface area contributed by atoms with Crippen molar-refractivity contribution < 1.29 is 4.79 Å². The molecule has 0 N–H and O–H groups in total. The standard InChI is InChI=1S/C17H23N3O/c21-17(16-9-14-8-15(14)10-16)20-6-4-19(5-7-20)12-13-2-1-3-18-11-13/h1-3,11,14-16H,4-10,12H2. The van der Waals surface area contributed by atoms with Gasteiger partial charge in [0.25, 0.3) is 0 Å². The van der Waals surface area contributed by atoms with Crippen LogP contribution in [0.1, 0.15) is 24.8 Å². The van der Waals surface area contributed by atoms with E-state index in [0.29, 0.717) is 11.8 Å². The molecule has 112 valence electrons. The highest BCUT2D eigenvalue weighted by atomic mass is 16.2. The zero-order chi connectivity index (χ0) is 14.2. The molecule has 0 spiro atoms. The Labute approximate surface area is 126 Å². The van der Waals surface area contributed by atoms with Crippen LogP contribution in [-0.4, -0.2) is 46.9 Å². The lowest BCUT2D eigenvalue weighted by Gasteiger charge is -2.36. The Hall–Kier alpha value is -1.42. The summed E-state index contributed by atoms with van der Waals surface area (Å²) in [7, 11) is 0. The highest BCUT2D eigenvalue weighted by Gasteiger charge is 2.48. The molecular formula is C17H23N3O. The second-order valence-corrected chi connectivity index (χ2v) is 6.89. The highest BCUT2D eigenvalue weighted by molar-refractivity contribution is 5.79. The molecule has 2 atom stereocenters.